The van der Waals surface area contributed by atoms with Gasteiger partial charge in [0.1, 0.15) is 4.60 Å². The summed E-state index contributed by atoms with van der Waals surface area (Å²) in [6, 6.07) is 8.00. The molecule has 2 heterocycles. The Balaban J connectivity index is 0. The molecule has 2 aromatic rings. The molecule has 2 nitrogen and oxygen atoms in total. The first-order chi connectivity index (χ1) is 10.8. The van der Waals surface area contributed by atoms with Crippen molar-refractivity contribution in [3.05, 3.63) is 50.3 Å². The zero-order valence-electron chi connectivity index (χ0n) is 14.9. The zero-order valence-corrected chi connectivity index (χ0v) is 24.6. The average molecular weight is 681 g/mol. The van der Waals surface area contributed by atoms with Crippen LogP contribution in [0.3, 0.4) is 0 Å². The van der Waals surface area contributed by atoms with E-state index in [0.29, 0.717) is 0 Å². The first-order valence-electron chi connectivity index (χ1n) is 7.37. The Morgan fingerprint density at radius 1 is 0.760 bits per heavy atom. The Morgan fingerprint density at radius 2 is 1.16 bits per heavy atom. The average Bonchev–Trinajstić information content (AvgIpc) is 2.40. The minimum absolute atomic E-state index is 0. The van der Waals surface area contributed by atoms with E-state index in [4.69, 9.17) is 10.0 Å². The summed E-state index contributed by atoms with van der Waals surface area (Å²) in [6.45, 7) is 0. The molecule has 0 atom stereocenters. The van der Waals surface area contributed by atoms with Crippen molar-refractivity contribution in [2.24, 2.45) is 0 Å². The monoisotopic (exact) mass is 680 g/mol. The van der Waals surface area contributed by atoms with Gasteiger partial charge in [-0.25, -0.2) is 4.98 Å². The molecule has 0 bridgehead atoms. The molecule has 0 aliphatic heterocycles. The number of rotatable bonds is 1. The fraction of sp³-hybridized carbons (Fsp3) is 0.412. The quantitative estimate of drug-likeness (QED) is 0.228. The molecule has 0 amide bonds. The molecule has 0 aliphatic carbocycles. The predicted octanol–water partition coefficient (Wildman–Crippen LogP) is 7.69. The van der Waals surface area contributed by atoms with E-state index in [-0.39, 0.29) is 7.43 Å². The SMILES string of the molecule is Brc1ccc(Br)nc1.C.[CH3][Ge]([CH3])([CH3])[Cl].[CH3][Ge]([CH3])([CH3])[c]1ccc(Br)nc1. The van der Waals surface area contributed by atoms with Crippen LogP contribution in [0.5, 0.6) is 0 Å². The Bertz CT molecular complexity index is 568. The Morgan fingerprint density at radius 3 is 1.40 bits per heavy atom. The molecular weight excluding hydrogens is 653 g/mol. The van der Waals surface area contributed by atoms with Crippen LogP contribution in [0.25, 0.3) is 0 Å². The standard InChI is InChI=1S/C8H12BrGeN.C5H3Br2N.C3H9ClGe.CH4/c1-10(2,3)7-4-5-8(9)11-6-7;6-4-1-2-5(7)8-3-4;1-5(2,3)4;/h4-6H,1-3H3;1-3H;1-3H3;1H4. The van der Waals surface area contributed by atoms with Crippen LogP contribution in [0.15, 0.2) is 50.3 Å². The fourth-order valence-electron chi connectivity index (χ4n) is 1.18. The number of aromatic nitrogens is 2. The summed E-state index contributed by atoms with van der Waals surface area (Å²) in [4.78, 5) is 8.16. The summed E-state index contributed by atoms with van der Waals surface area (Å²) >= 11 is 6.66. The second kappa shape index (κ2) is 13.3. The molecule has 2 rings (SSSR count). The van der Waals surface area contributed by atoms with E-state index in [9.17, 15) is 0 Å². The molecule has 0 saturated carbocycles. The summed E-state index contributed by atoms with van der Waals surface area (Å²) in [6.07, 6.45) is 3.73. The van der Waals surface area contributed by atoms with Crippen LogP contribution in [-0.2, 0) is 0 Å². The van der Waals surface area contributed by atoms with E-state index in [1.807, 2.05) is 24.4 Å². The Hall–Kier alpha value is 1.12. The van der Waals surface area contributed by atoms with Crippen molar-refractivity contribution in [3.8, 4) is 0 Å². The van der Waals surface area contributed by atoms with Gasteiger partial charge in [-0.15, -0.1) is 0 Å². The van der Waals surface area contributed by atoms with Crippen molar-refractivity contribution in [1.29, 1.82) is 0 Å². The van der Waals surface area contributed by atoms with Crippen molar-refractivity contribution in [2.75, 3.05) is 0 Å². The van der Waals surface area contributed by atoms with E-state index >= 15 is 0 Å². The van der Waals surface area contributed by atoms with Gasteiger partial charge in [-0.1, -0.05) is 7.43 Å². The van der Waals surface area contributed by atoms with E-state index in [1.165, 1.54) is 4.40 Å². The number of hydrogen-bond donors (Lipinski definition) is 0. The van der Waals surface area contributed by atoms with Crippen LogP contribution in [-0.4, -0.2) is 35.6 Å². The van der Waals surface area contributed by atoms with Crippen molar-refractivity contribution in [3.63, 3.8) is 0 Å². The van der Waals surface area contributed by atoms with Crippen LogP contribution in [0, 0.1) is 0 Å². The molecule has 0 fully saturated rings. The third-order valence-electron chi connectivity index (χ3n) is 2.28. The van der Waals surface area contributed by atoms with Crippen molar-refractivity contribution < 1.29 is 0 Å². The molecule has 0 N–H and O–H groups in total. The topological polar surface area (TPSA) is 25.8 Å². The minimum atomic E-state index is -1.61. The van der Waals surface area contributed by atoms with Crippen LogP contribution in [0.1, 0.15) is 7.43 Å². The number of halogens is 4. The molecule has 2 aromatic heterocycles. The molecule has 0 aromatic carbocycles. The van der Waals surface area contributed by atoms with Gasteiger partial charge in [0.2, 0.25) is 0 Å². The summed E-state index contributed by atoms with van der Waals surface area (Å²) in [5.41, 5.74) is 0. The predicted molar refractivity (Wildman–Crippen MR) is 130 cm³/mol. The second-order valence-corrected chi connectivity index (χ2v) is 34.7. The Labute approximate surface area is 188 Å². The van der Waals surface area contributed by atoms with Gasteiger partial charge in [0.15, 0.2) is 0 Å². The Kier molecular flexibility index (Phi) is 15.1. The van der Waals surface area contributed by atoms with Crippen molar-refractivity contribution >= 4 is 87.8 Å². The van der Waals surface area contributed by atoms with Crippen molar-refractivity contribution in [2.45, 2.75) is 42.0 Å². The maximum atomic E-state index is 5.72. The maximum absolute atomic E-state index is 5.72. The number of hydrogen-bond acceptors (Lipinski definition) is 2. The molecule has 142 valence electrons. The van der Waals surface area contributed by atoms with Crippen LogP contribution in [0.4, 0.5) is 0 Å². The van der Waals surface area contributed by atoms with Crippen molar-refractivity contribution in [1.82, 2.24) is 9.97 Å². The molecule has 0 saturated heterocycles. The number of pyridine rings is 2. The molecule has 0 aliphatic rings. The second-order valence-electron chi connectivity index (χ2n) is 6.99. The molecule has 0 spiro atoms. The van der Waals surface area contributed by atoms with Gasteiger partial charge in [0.05, 0.1) is 0 Å². The third-order valence-corrected chi connectivity index (χ3v) is 7.95. The van der Waals surface area contributed by atoms with Gasteiger partial charge in [-0.3, -0.25) is 0 Å². The van der Waals surface area contributed by atoms with E-state index in [1.54, 1.807) is 6.20 Å². The van der Waals surface area contributed by atoms with Gasteiger partial charge in [-0.05, 0) is 44.0 Å². The van der Waals surface area contributed by atoms with Crippen LogP contribution < -0.4 is 4.40 Å². The van der Waals surface area contributed by atoms with E-state index in [2.05, 4.69) is 98.4 Å². The fourth-order valence-corrected chi connectivity index (χ4v) is 4.05. The van der Waals surface area contributed by atoms with Gasteiger partial charge >= 0.3 is 118 Å². The van der Waals surface area contributed by atoms with Gasteiger partial charge in [-0.2, -0.15) is 0 Å². The molecule has 0 unspecified atom stereocenters. The summed E-state index contributed by atoms with van der Waals surface area (Å²) in [5, 5.41) is 0. The van der Waals surface area contributed by atoms with Crippen LogP contribution >= 0.6 is 57.8 Å². The third kappa shape index (κ3) is 18.3. The van der Waals surface area contributed by atoms with E-state index < -0.39 is 25.6 Å². The molecular formula is C17H28Br3ClGe2N2. The van der Waals surface area contributed by atoms with E-state index in [0.717, 1.165) is 13.7 Å². The normalized spacial score (nSPS) is 10.5. The summed E-state index contributed by atoms with van der Waals surface area (Å²) in [7, 11) is 5.72. The first kappa shape index (κ1) is 28.3. The zero-order chi connectivity index (χ0) is 19.0. The van der Waals surface area contributed by atoms with Crippen LogP contribution in [0.2, 0.25) is 34.5 Å². The summed E-state index contributed by atoms with van der Waals surface area (Å²) < 4.78 is 4.24. The first-order valence-corrected chi connectivity index (χ1v) is 26.1. The molecule has 8 heteroatoms. The summed E-state index contributed by atoms with van der Waals surface area (Å²) in [5.74, 6) is 13.5. The van der Waals surface area contributed by atoms with Gasteiger partial charge in [0.25, 0.3) is 0 Å². The molecule has 25 heavy (non-hydrogen) atoms. The number of nitrogens with zero attached hydrogens (tertiary/aromatic N) is 2. The van der Waals surface area contributed by atoms with Gasteiger partial charge < -0.3 is 0 Å². The van der Waals surface area contributed by atoms with Gasteiger partial charge in [0, 0.05) is 10.7 Å². The molecule has 0 radical (unpaired) electrons.